The molecule has 3 amide bonds. The van der Waals surface area contributed by atoms with E-state index in [2.05, 4.69) is 10.6 Å². The summed E-state index contributed by atoms with van der Waals surface area (Å²) >= 11 is 1.49. The molecule has 7 nitrogen and oxygen atoms in total. The van der Waals surface area contributed by atoms with Gasteiger partial charge in [-0.15, -0.1) is 11.3 Å². The van der Waals surface area contributed by atoms with Gasteiger partial charge in [-0.05, 0) is 44.4 Å². The first kappa shape index (κ1) is 22.7. The van der Waals surface area contributed by atoms with Crippen LogP contribution in [0.3, 0.4) is 0 Å². The second-order valence-electron chi connectivity index (χ2n) is 9.95. The van der Waals surface area contributed by atoms with Gasteiger partial charge in [-0.1, -0.05) is 30.4 Å². The normalized spacial score (nSPS) is 29.4. The molecule has 0 saturated carbocycles. The monoisotopic (exact) mass is 483 g/mol. The number of para-hydroxylation sites is 1. The minimum Gasteiger partial charge on any atom is -0.359 e. The Hall–Kier alpha value is -3.04. The Kier molecular flexibility index (Phi) is 5.37. The second-order valence-corrected chi connectivity index (χ2v) is 11.0. The molecule has 2 fully saturated rings. The lowest BCUT2D eigenvalue weighted by atomic mass is 9.74. The number of carbonyl (C=O) groups excluding carboxylic acids is 3. The molecule has 3 aliphatic heterocycles. The summed E-state index contributed by atoms with van der Waals surface area (Å²) in [6, 6.07) is 8.73. The molecule has 178 valence electrons. The third-order valence-corrected chi connectivity index (χ3v) is 7.32. The van der Waals surface area contributed by atoms with Crippen molar-refractivity contribution in [2.24, 2.45) is 11.8 Å². The van der Waals surface area contributed by atoms with Crippen LogP contribution in [0.25, 0.3) is 0 Å². The lowest BCUT2D eigenvalue weighted by molar-refractivity contribution is -0.142. The largest absolute Gasteiger partial charge is 0.359 e. The number of halogens is 1. The van der Waals surface area contributed by atoms with Gasteiger partial charge in [0.1, 0.15) is 17.5 Å². The molecule has 34 heavy (non-hydrogen) atoms. The van der Waals surface area contributed by atoms with Gasteiger partial charge in [0.05, 0.1) is 30.2 Å². The highest BCUT2D eigenvalue weighted by molar-refractivity contribution is 7.09. The lowest BCUT2D eigenvalue weighted by Crippen LogP contribution is -2.57. The number of likely N-dealkylation sites (tertiary alicyclic amines) is 1. The van der Waals surface area contributed by atoms with Gasteiger partial charge in [-0.2, -0.15) is 0 Å². The van der Waals surface area contributed by atoms with Gasteiger partial charge < -0.3 is 20.3 Å². The third kappa shape index (κ3) is 3.63. The molecule has 3 aliphatic rings. The van der Waals surface area contributed by atoms with Crippen molar-refractivity contribution in [3.05, 3.63) is 64.6 Å². The first-order valence-corrected chi connectivity index (χ1v) is 12.1. The molecule has 1 aromatic heterocycles. The van der Waals surface area contributed by atoms with E-state index >= 15 is 0 Å². The highest BCUT2D eigenvalue weighted by atomic mass is 32.1. The average Bonchev–Trinajstić information content (AvgIpc) is 3.51. The first-order chi connectivity index (χ1) is 16.1. The predicted octanol–water partition coefficient (Wildman–Crippen LogP) is 3.09. The van der Waals surface area contributed by atoms with Crippen molar-refractivity contribution in [3.63, 3.8) is 0 Å². The molecule has 5 atom stereocenters. The molecule has 2 saturated heterocycles. The van der Waals surface area contributed by atoms with Gasteiger partial charge in [-0.25, -0.2) is 4.39 Å². The van der Waals surface area contributed by atoms with Crippen LogP contribution in [0.5, 0.6) is 0 Å². The van der Waals surface area contributed by atoms with E-state index < -0.39 is 46.8 Å². The van der Waals surface area contributed by atoms with E-state index in [9.17, 15) is 18.8 Å². The topological polar surface area (TPSA) is 87.7 Å². The predicted molar refractivity (Wildman–Crippen MR) is 125 cm³/mol. The minimum atomic E-state index is -1.26. The molecule has 0 aliphatic carbocycles. The van der Waals surface area contributed by atoms with E-state index in [0.29, 0.717) is 0 Å². The Bertz CT molecular complexity index is 1180. The zero-order valence-electron chi connectivity index (χ0n) is 19.1. The number of ether oxygens (including phenoxy) is 1. The lowest BCUT2D eigenvalue weighted by Gasteiger charge is -2.34. The van der Waals surface area contributed by atoms with Gasteiger partial charge in [0.15, 0.2) is 0 Å². The van der Waals surface area contributed by atoms with E-state index in [4.69, 9.17) is 4.74 Å². The molecule has 2 N–H and O–H groups in total. The third-order valence-electron chi connectivity index (χ3n) is 6.46. The van der Waals surface area contributed by atoms with Gasteiger partial charge in [0.25, 0.3) is 0 Å². The SMILES string of the molecule is CC(C)(C)NC(=O)C1N(Cc2cccs2)C(=O)C2C(C(=O)Nc3ccccc3F)C3C=CC21O3. The van der Waals surface area contributed by atoms with Crippen LogP contribution in [-0.4, -0.2) is 45.9 Å². The Morgan fingerprint density at radius 3 is 2.62 bits per heavy atom. The molecule has 9 heteroatoms. The fourth-order valence-electron chi connectivity index (χ4n) is 5.22. The smallest absolute Gasteiger partial charge is 0.246 e. The maximum absolute atomic E-state index is 14.2. The van der Waals surface area contributed by atoms with Crippen molar-refractivity contribution >= 4 is 34.7 Å². The van der Waals surface area contributed by atoms with Crippen LogP contribution in [0, 0.1) is 17.7 Å². The maximum atomic E-state index is 14.2. The van der Waals surface area contributed by atoms with Crippen LogP contribution in [0.4, 0.5) is 10.1 Å². The molecule has 1 aromatic carbocycles. The molecule has 0 radical (unpaired) electrons. The summed E-state index contributed by atoms with van der Waals surface area (Å²) in [5.41, 5.74) is -1.74. The Labute approximate surface area is 201 Å². The number of rotatable bonds is 5. The van der Waals surface area contributed by atoms with E-state index in [-0.39, 0.29) is 24.0 Å². The van der Waals surface area contributed by atoms with Crippen LogP contribution in [0.15, 0.2) is 53.9 Å². The van der Waals surface area contributed by atoms with Crippen LogP contribution < -0.4 is 10.6 Å². The number of carbonyl (C=O) groups is 3. The quantitative estimate of drug-likeness (QED) is 0.640. The number of amides is 3. The summed E-state index contributed by atoms with van der Waals surface area (Å²) in [6.07, 6.45) is 2.82. The van der Waals surface area contributed by atoms with Crippen molar-refractivity contribution < 1.29 is 23.5 Å². The van der Waals surface area contributed by atoms with E-state index in [1.54, 1.807) is 18.2 Å². The Morgan fingerprint density at radius 2 is 1.94 bits per heavy atom. The molecule has 2 aromatic rings. The van der Waals surface area contributed by atoms with Gasteiger partial charge >= 0.3 is 0 Å². The summed E-state index contributed by atoms with van der Waals surface area (Å²) in [6.45, 7) is 5.84. The van der Waals surface area contributed by atoms with Gasteiger partial charge in [-0.3, -0.25) is 14.4 Å². The second kappa shape index (κ2) is 8.02. The Balaban J connectivity index is 1.51. The fraction of sp³-hybridized carbons (Fsp3) is 0.400. The summed E-state index contributed by atoms with van der Waals surface area (Å²) in [5, 5.41) is 7.50. The van der Waals surface area contributed by atoms with Crippen LogP contribution >= 0.6 is 11.3 Å². The summed E-state index contributed by atoms with van der Waals surface area (Å²) in [7, 11) is 0. The first-order valence-electron chi connectivity index (χ1n) is 11.2. The molecular weight excluding hydrogens is 457 g/mol. The van der Waals surface area contributed by atoms with Crippen LogP contribution in [0.1, 0.15) is 25.6 Å². The van der Waals surface area contributed by atoms with Crippen LogP contribution in [0.2, 0.25) is 0 Å². The number of hydrogen-bond acceptors (Lipinski definition) is 5. The number of thiophene rings is 1. The van der Waals surface area contributed by atoms with Crippen LogP contribution in [-0.2, 0) is 25.7 Å². The zero-order valence-corrected chi connectivity index (χ0v) is 19.9. The minimum absolute atomic E-state index is 0.0382. The standard InChI is InChI=1S/C25H26FN3O4S/c1-24(2,3)28-22(31)20-25-11-10-17(33-25)18(21(30)27-16-9-5-4-8-15(16)26)19(25)23(32)29(20)13-14-7-6-12-34-14/h4-12,17-20H,13H2,1-3H3,(H,27,30)(H,28,31). The van der Waals surface area contributed by atoms with Crippen molar-refractivity contribution in [1.29, 1.82) is 0 Å². The molecule has 1 spiro atoms. The number of fused-ring (bicyclic) bond motifs is 1. The van der Waals surface area contributed by atoms with E-state index in [1.807, 2.05) is 38.3 Å². The average molecular weight is 484 g/mol. The highest BCUT2D eigenvalue weighted by Gasteiger charge is 2.72. The van der Waals surface area contributed by atoms with Crippen molar-refractivity contribution in [2.45, 2.75) is 50.6 Å². The number of anilines is 1. The zero-order chi connectivity index (χ0) is 24.3. The van der Waals surface area contributed by atoms with Crippen molar-refractivity contribution in [3.8, 4) is 0 Å². The van der Waals surface area contributed by atoms with E-state index in [1.165, 1.54) is 34.4 Å². The summed E-state index contributed by atoms with van der Waals surface area (Å²) < 4.78 is 20.4. The van der Waals surface area contributed by atoms with Crippen molar-refractivity contribution in [2.75, 3.05) is 5.32 Å². The molecule has 5 unspecified atom stereocenters. The van der Waals surface area contributed by atoms with Crippen molar-refractivity contribution in [1.82, 2.24) is 10.2 Å². The molecule has 4 heterocycles. The van der Waals surface area contributed by atoms with E-state index in [0.717, 1.165) is 4.88 Å². The maximum Gasteiger partial charge on any atom is 0.246 e. The highest BCUT2D eigenvalue weighted by Crippen LogP contribution is 2.55. The number of benzene rings is 1. The fourth-order valence-corrected chi connectivity index (χ4v) is 5.93. The summed E-state index contributed by atoms with van der Waals surface area (Å²) in [5.74, 6) is -3.49. The Morgan fingerprint density at radius 1 is 1.18 bits per heavy atom. The molecular formula is C25H26FN3O4S. The number of nitrogens with zero attached hydrogens (tertiary/aromatic N) is 1. The number of nitrogens with one attached hydrogen (secondary N) is 2. The summed E-state index contributed by atoms with van der Waals surface area (Å²) in [4.78, 5) is 43.1. The van der Waals surface area contributed by atoms with Gasteiger partial charge in [0, 0.05) is 10.4 Å². The number of hydrogen-bond donors (Lipinski definition) is 2. The molecule has 2 bridgehead atoms. The van der Waals surface area contributed by atoms with Gasteiger partial charge in [0.2, 0.25) is 17.7 Å². The molecule has 5 rings (SSSR count).